The summed E-state index contributed by atoms with van der Waals surface area (Å²) in [6, 6.07) is 0. The van der Waals surface area contributed by atoms with Crippen LogP contribution in [0.2, 0.25) is 0 Å². The topological polar surface area (TPSA) is 60.0 Å². The van der Waals surface area contributed by atoms with Crippen LogP contribution in [0.25, 0.3) is 0 Å². The Balaban J connectivity index is 2.33. The first-order valence-corrected chi connectivity index (χ1v) is 3.47. The van der Waals surface area contributed by atoms with Crippen molar-refractivity contribution < 1.29 is 4.74 Å². The van der Waals surface area contributed by atoms with Crippen LogP contribution in [0.1, 0.15) is 13.3 Å². The highest BCUT2D eigenvalue weighted by atomic mass is 16.5. The van der Waals surface area contributed by atoms with E-state index in [2.05, 4.69) is 17.3 Å². The maximum atomic E-state index is 5.08. The molecular formula is C6H13N3O. The number of hydrogen-bond acceptors (Lipinski definition) is 3. The minimum atomic E-state index is 0.253. The van der Waals surface area contributed by atoms with E-state index >= 15 is 0 Å². The van der Waals surface area contributed by atoms with Crippen LogP contribution < -0.4 is 5.84 Å². The quantitative estimate of drug-likeness (QED) is 0.360. The standard InChI is InChI=1S/C6H13N3O/c1-2-6(3-8-9-7)4-10-5-6/h2-5H2,1H3,(H2,7,8). The van der Waals surface area contributed by atoms with Gasteiger partial charge in [-0.2, -0.15) is 5.11 Å². The lowest BCUT2D eigenvalue weighted by Gasteiger charge is -2.38. The second-order valence-corrected chi connectivity index (χ2v) is 2.76. The van der Waals surface area contributed by atoms with Crippen LogP contribution in [0.4, 0.5) is 0 Å². The highest BCUT2D eigenvalue weighted by Gasteiger charge is 2.36. The molecule has 58 valence electrons. The first-order chi connectivity index (χ1) is 4.83. The predicted molar refractivity (Wildman–Crippen MR) is 37.5 cm³/mol. The SMILES string of the molecule is CCC1(CN=NN)COC1. The molecule has 1 fully saturated rings. The van der Waals surface area contributed by atoms with E-state index in [1.165, 1.54) is 0 Å². The monoisotopic (exact) mass is 143 g/mol. The Morgan fingerprint density at radius 2 is 2.30 bits per heavy atom. The summed E-state index contributed by atoms with van der Waals surface area (Å²) in [6.45, 7) is 4.46. The normalized spacial score (nSPS) is 22.9. The Bertz CT molecular complexity index is 125. The molecule has 10 heavy (non-hydrogen) atoms. The summed E-state index contributed by atoms with van der Waals surface area (Å²) in [6.07, 6.45) is 1.09. The molecule has 1 rings (SSSR count). The summed E-state index contributed by atoms with van der Waals surface area (Å²) < 4.78 is 5.08. The van der Waals surface area contributed by atoms with E-state index in [1.807, 2.05) is 0 Å². The summed E-state index contributed by atoms with van der Waals surface area (Å²) in [5, 5.41) is 6.98. The number of hydrogen-bond donors (Lipinski definition) is 1. The number of rotatable bonds is 3. The van der Waals surface area contributed by atoms with Gasteiger partial charge in [-0.05, 0) is 6.42 Å². The van der Waals surface area contributed by atoms with Gasteiger partial charge in [0.1, 0.15) is 0 Å². The molecule has 4 heteroatoms. The van der Waals surface area contributed by atoms with Gasteiger partial charge in [0.05, 0.1) is 19.8 Å². The fourth-order valence-corrected chi connectivity index (χ4v) is 0.989. The second-order valence-electron chi connectivity index (χ2n) is 2.76. The van der Waals surface area contributed by atoms with Gasteiger partial charge in [0.15, 0.2) is 0 Å². The van der Waals surface area contributed by atoms with Crippen LogP contribution in [0.3, 0.4) is 0 Å². The summed E-state index contributed by atoms with van der Waals surface area (Å²) in [5.41, 5.74) is 0.253. The van der Waals surface area contributed by atoms with Gasteiger partial charge in [-0.15, -0.1) is 0 Å². The zero-order valence-electron chi connectivity index (χ0n) is 6.21. The van der Waals surface area contributed by atoms with Gasteiger partial charge < -0.3 is 10.6 Å². The lowest BCUT2D eigenvalue weighted by Crippen LogP contribution is -2.44. The first kappa shape index (κ1) is 7.47. The Hall–Kier alpha value is -0.640. The van der Waals surface area contributed by atoms with E-state index in [-0.39, 0.29) is 5.41 Å². The Labute approximate surface area is 60.4 Å². The molecule has 1 heterocycles. The smallest absolute Gasteiger partial charge is 0.0720 e. The number of nitrogens with zero attached hydrogens (tertiary/aromatic N) is 2. The lowest BCUT2D eigenvalue weighted by atomic mass is 9.83. The van der Waals surface area contributed by atoms with E-state index in [1.54, 1.807) is 0 Å². The zero-order chi connectivity index (χ0) is 7.45. The summed E-state index contributed by atoms with van der Waals surface area (Å²) >= 11 is 0. The fraction of sp³-hybridized carbons (Fsp3) is 1.00. The van der Waals surface area contributed by atoms with Crippen molar-refractivity contribution in [1.82, 2.24) is 0 Å². The number of nitrogens with two attached hydrogens (primary N) is 1. The Kier molecular flexibility index (Phi) is 2.21. The van der Waals surface area contributed by atoms with Crippen LogP contribution in [-0.2, 0) is 4.74 Å². The van der Waals surface area contributed by atoms with Crippen LogP contribution >= 0.6 is 0 Å². The third kappa shape index (κ3) is 1.26. The molecule has 4 nitrogen and oxygen atoms in total. The third-order valence-electron chi connectivity index (χ3n) is 2.05. The zero-order valence-corrected chi connectivity index (χ0v) is 6.21. The highest BCUT2D eigenvalue weighted by Crippen LogP contribution is 2.31. The second kappa shape index (κ2) is 2.96. The molecule has 1 saturated heterocycles. The molecule has 0 amide bonds. The van der Waals surface area contributed by atoms with Gasteiger partial charge in [0, 0.05) is 5.41 Å². The van der Waals surface area contributed by atoms with Crippen molar-refractivity contribution in [2.24, 2.45) is 21.6 Å². The molecule has 0 spiro atoms. The van der Waals surface area contributed by atoms with E-state index < -0.39 is 0 Å². The van der Waals surface area contributed by atoms with Gasteiger partial charge in [-0.25, -0.2) is 0 Å². The van der Waals surface area contributed by atoms with Crippen molar-refractivity contribution in [2.45, 2.75) is 13.3 Å². The molecule has 0 radical (unpaired) electrons. The van der Waals surface area contributed by atoms with Crippen molar-refractivity contribution in [3.05, 3.63) is 0 Å². The molecule has 1 aliphatic rings. The van der Waals surface area contributed by atoms with E-state index in [4.69, 9.17) is 10.6 Å². The van der Waals surface area contributed by atoms with Crippen molar-refractivity contribution >= 4 is 0 Å². The van der Waals surface area contributed by atoms with Gasteiger partial charge in [-0.1, -0.05) is 12.1 Å². The van der Waals surface area contributed by atoms with Crippen molar-refractivity contribution in [3.8, 4) is 0 Å². The fourth-order valence-electron chi connectivity index (χ4n) is 0.989. The van der Waals surface area contributed by atoms with Gasteiger partial charge in [0.25, 0.3) is 0 Å². The molecule has 2 N–H and O–H groups in total. The summed E-state index contributed by atoms with van der Waals surface area (Å²) in [4.78, 5) is 0. The van der Waals surface area contributed by atoms with E-state index in [0.717, 1.165) is 19.6 Å². The van der Waals surface area contributed by atoms with Crippen molar-refractivity contribution in [3.63, 3.8) is 0 Å². The van der Waals surface area contributed by atoms with Crippen LogP contribution in [0, 0.1) is 5.41 Å². The average Bonchev–Trinajstić information content (AvgIpc) is 1.87. The molecule has 0 aromatic rings. The van der Waals surface area contributed by atoms with Gasteiger partial charge >= 0.3 is 0 Å². The Morgan fingerprint density at radius 3 is 2.60 bits per heavy atom. The van der Waals surface area contributed by atoms with Crippen LogP contribution in [-0.4, -0.2) is 19.8 Å². The molecule has 1 aliphatic heterocycles. The van der Waals surface area contributed by atoms with Gasteiger partial charge in [-0.3, -0.25) is 0 Å². The Morgan fingerprint density at radius 1 is 1.60 bits per heavy atom. The summed E-state index contributed by atoms with van der Waals surface area (Å²) in [5.74, 6) is 4.89. The van der Waals surface area contributed by atoms with E-state index in [9.17, 15) is 0 Å². The van der Waals surface area contributed by atoms with Gasteiger partial charge in [0.2, 0.25) is 0 Å². The van der Waals surface area contributed by atoms with Crippen molar-refractivity contribution in [2.75, 3.05) is 19.8 Å². The third-order valence-corrected chi connectivity index (χ3v) is 2.05. The van der Waals surface area contributed by atoms with Crippen molar-refractivity contribution in [1.29, 1.82) is 0 Å². The molecular weight excluding hydrogens is 130 g/mol. The minimum Gasteiger partial charge on any atom is -0.380 e. The molecule has 0 aliphatic carbocycles. The molecule has 0 aromatic heterocycles. The lowest BCUT2D eigenvalue weighted by molar-refractivity contribution is -0.109. The van der Waals surface area contributed by atoms with E-state index in [0.29, 0.717) is 6.54 Å². The maximum absolute atomic E-state index is 5.08. The molecule has 0 unspecified atom stereocenters. The molecule has 0 atom stereocenters. The predicted octanol–water partition coefficient (Wildman–Crippen LogP) is 0.739. The average molecular weight is 143 g/mol. The molecule has 0 aromatic carbocycles. The minimum absolute atomic E-state index is 0.253. The molecule has 0 saturated carbocycles. The van der Waals surface area contributed by atoms with Crippen LogP contribution in [0.5, 0.6) is 0 Å². The van der Waals surface area contributed by atoms with Crippen LogP contribution in [0.15, 0.2) is 10.3 Å². The number of ether oxygens (including phenoxy) is 1. The highest BCUT2D eigenvalue weighted by molar-refractivity contribution is 4.85. The maximum Gasteiger partial charge on any atom is 0.0720 e. The largest absolute Gasteiger partial charge is 0.380 e. The first-order valence-electron chi connectivity index (χ1n) is 3.47. The summed E-state index contributed by atoms with van der Waals surface area (Å²) in [7, 11) is 0. The molecule has 0 bridgehead atoms.